The third-order valence-electron chi connectivity index (χ3n) is 2.48. The summed E-state index contributed by atoms with van der Waals surface area (Å²) in [7, 11) is 0. The summed E-state index contributed by atoms with van der Waals surface area (Å²) in [6, 6.07) is -0.273. The molecule has 0 radical (unpaired) electrons. The van der Waals surface area contributed by atoms with Crippen molar-refractivity contribution in [3.05, 3.63) is 16.1 Å². The first-order chi connectivity index (χ1) is 8.99. The number of carboxylic acids is 1. The Morgan fingerprint density at radius 3 is 2.79 bits per heavy atom. The lowest BCUT2D eigenvalue weighted by Crippen LogP contribution is -2.38. The van der Waals surface area contributed by atoms with Gasteiger partial charge in [-0.05, 0) is 13.3 Å². The van der Waals surface area contributed by atoms with Crippen molar-refractivity contribution in [3.8, 4) is 0 Å². The van der Waals surface area contributed by atoms with Crippen LogP contribution in [0.4, 0.5) is 4.79 Å². The molecule has 0 bridgehead atoms. The van der Waals surface area contributed by atoms with Crippen molar-refractivity contribution in [1.82, 2.24) is 15.6 Å². The van der Waals surface area contributed by atoms with Crippen molar-refractivity contribution in [2.75, 3.05) is 13.1 Å². The van der Waals surface area contributed by atoms with Gasteiger partial charge in [0, 0.05) is 36.5 Å². The lowest BCUT2D eigenvalue weighted by atomic mass is 10.2. The van der Waals surface area contributed by atoms with E-state index in [0.717, 1.165) is 10.7 Å². The number of urea groups is 1. The number of aromatic nitrogens is 1. The number of aryl methyl sites for hydroxylation is 1. The van der Waals surface area contributed by atoms with Gasteiger partial charge in [-0.1, -0.05) is 6.92 Å². The van der Waals surface area contributed by atoms with Crippen LogP contribution in [0, 0.1) is 6.92 Å². The van der Waals surface area contributed by atoms with Crippen LogP contribution >= 0.6 is 11.3 Å². The molecule has 0 saturated carbocycles. The van der Waals surface area contributed by atoms with Crippen molar-refractivity contribution in [3.63, 3.8) is 0 Å². The van der Waals surface area contributed by atoms with Crippen LogP contribution in [-0.4, -0.2) is 35.2 Å². The standard InChI is InChI=1S/C12H19N3O3S/c1-8(11-15-9(2)7-19-11)6-14-12(18)13-5-3-4-10(16)17/h7-8H,3-6H2,1-2H3,(H,16,17)(H2,13,14,18). The summed E-state index contributed by atoms with van der Waals surface area (Å²) < 4.78 is 0. The number of rotatable bonds is 7. The molecule has 0 aliphatic rings. The third-order valence-corrected chi connectivity index (χ3v) is 3.67. The Morgan fingerprint density at radius 2 is 2.21 bits per heavy atom. The quantitative estimate of drug-likeness (QED) is 0.665. The molecule has 1 heterocycles. The van der Waals surface area contributed by atoms with E-state index in [4.69, 9.17) is 5.11 Å². The highest BCUT2D eigenvalue weighted by Crippen LogP contribution is 2.18. The average Bonchev–Trinajstić information content (AvgIpc) is 2.78. The second-order valence-electron chi connectivity index (χ2n) is 4.36. The first-order valence-electron chi connectivity index (χ1n) is 6.14. The van der Waals surface area contributed by atoms with Crippen LogP contribution in [0.5, 0.6) is 0 Å². The Morgan fingerprint density at radius 1 is 1.47 bits per heavy atom. The number of nitrogens with one attached hydrogen (secondary N) is 2. The highest BCUT2D eigenvalue weighted by molar-refractivity contribution is 7.09. The Balaban J connectivity index is 2.17. The summed E-state index contributed by atoms with van der Waals surface area (Å²) in [5.41, 5.74) is 0.991. The van der Waals surface area contributed by atoms with Gasteiger partial charge in [0.05, 0.1) is 5.01 Å². The topological polar surface area (TPSA) is 91.3 Å². The van der Waals surface area contributed by atoms with E-state index in [9.17, 15) is 9.59 Å². The van der Waals surface area contributed by atoms with E-state index >= 15 is 0 Å². The van der Waals surface area contributed by atoms with Crippen LogP contribution in [0.25, 0.3) is 0 Å². The van der Waals surface area contributed by atoms with Gasteiger partial charge in [-0.3, -0.25) is 4.79 Å². The number of nitrogens with zero attached hydrogens (tertiary/aromatic N) is 1. The monoisotopic (exact) mass is 285 g/mol. The van der Waals surface area contributed by atoms with Crippen LogP contribution in [0.3, 0.4) is 0 Å². The lowest BCUT2D eigenvalue weighted by Gasteiger charge is -2.11. The van der Waals surface area contributed by atoms with Gasteiger partial charge >= 0.3 is 12.0 Å². The molecule has 1 unspecified atom stereocenters. The molecular weight excluding hydrogens is 266 g/mol. The summed E-state index contributed by atoms with van der Waals surface area (Å²) in [5.74, 6) is -0.682. The second-order valence-corrected chi connectivity index (χ2v) is 5.25. The highest BCUT2D eigenvalue weighted by Gasteiger charge is 2.10. The predicted octanol–water partition coefficient (Wildman–Crippen LogP) is 1.72. The first kappa shape index (κ1) is 15.4. The maximum Gasteiger partial charge on any atom is 0.314 e. The number of carbonyl (C=O) groups excluding carboxylic acids is 1. The number of hydrogen-bond acceptors (Lipinski definition) is 4. The molecule has 0 spiro atoms. The zero-order valence-corrected chi connectivity index (χ0v) is 11.9. The average molecular weight is 285 g/mol. The van der Waals surface area contributed by atoms with Crippen molar-refractivity contribution in [2.45, 2.75) is 32.6 Å². The minimum absolute atomic E-state index is 0.0646. The van der Waals surface area contributed by atoms with Crippen LogP contribution in [0.2, 0.25) is 0 Å². The number of hydrogen-bond donors (Lipinski definition) is 3. The van der Waals surface area contributed by atoms with Crippen molar-refractivity contribution >= 4 is 23.3 Å². The second kappa shape index (κ2) is 7.73. The summed E-state index contributed by atoms with van der Waals surface area (Å²) in [5, 5.41) is 16.8. The molecule has 6 nitrogen and oxygen atoms in total. The molecule has 19 heavy (non-hydrogen) atoms. The maximum absolute atomic E-state index is 11.4. The molecule has 1 aromatic heterocycles. The SMILES string of the molecule is Cc1csc(C(C)CNC(=O)NCCCC(=O)O)n1. The molecule has 3 N–H and O–H groups in total. The van der Waals surface area contributed by atoms with E-state index in [-0.39, 0.29) is 18.4 Å². The molecule has 1 atom stereocenters. The van der Waals surface area contributed by atoms with Gasteiger partial charge in [-0.25, -0.2) is 9.78 Å². The third kappa shape index (κ3) is 6.19. The lowest BCUT2D eigenvalue weighted by molar-refractivity contribution is -0.137. The number of amides is 2. The van der Waals surface area contributed by atoms with Crippen molar-refractivity contribution in [1.29, 1.82) is 0 Å². The zero-order chi connectivity index (χ0) is 14.3. The normalized spacial score (nSPS) is 11.9. The number of thiazole rings is 1. The fraction of sp³-hybridized carbons (Fsp3) is 0.583. The molecule has 7 heteroatoms. The summed E-state index contributed by atoms with van der Waals surface area (Å²) in [4.78, 5) is 26.1. The molecule has 0 aliphatic heterocycles. The molecule has 0 fully saturated rings. The molecule has 0 aliphatic carbocycles. The van der Waals surface area contributed by atoms with Gasteiger partial charge in [0.1, 0.15) is 0 Å². The fourth-order valence-corrected chi connectivity index (χ4v) is 2.29. The molecule has 0 aromatic carbocycles. The van der Waals surface area contributed by atoms with E-state index in [0.29, 0.717) is 19.5 Å². The minimum atomic E-state index is -0.852. The fourth-order valence-electron chi connectivity index (χ4n) is 1.44. The molecule has 1 aromatic rings. The zero-order valence-electron chi connectivity index (χ0n) is 11.1. The number of aliphatic carboxylic acids is 1. The summed E-state index contributed by atoms with van der Waals surface area (Å²) in [6.07, 6.45) is 0.499. The van der Waals surface area contributed by atoms with Gasteiger partial charge in [0.2, 0.25) is 0 Å². The first-order valence-corrected chi connectivity index (χ1v) is 7.02. The van der Waals surface area contributed by atoms with Gasteiger partial charge in [0.25, 0.3) is 0 Å². The van der Waals surface area contributed by atoms with Crippen LogP contribution in [0.15, 0.2) is 5.38 Å². The smallest absolute Gasteiger partial charge is 0.314 e. The molecule has 0 saturated heterocycles. The Labute approximate surface area is 116 Å². The van der Waals surface area contributed by atoms with Crippen LogP contribution in [-0.2, 0) is 4.79 Å². The molecule has 106 valence electrons. The predicted molar refractivity (Wildman–Crippen MR) is 73.5 cm³/mol. The summed E-state index contributed by atoms with van der Waals surface area (Å²) >= 11 is 1.59. The van der Waals surface area contributed by atoms with Crippen molar-refractivity contribution in [2.24, 2.45) is 0 Å². The highest BCUT2D eigenvalue weighted by atomic mass is 32.1. The Bertz CT molecular complexity index is 434. The number of carboxylic acid groups (broad SMARTS) is 1. The largest absolute Gasteiger partial charge is 0.481 e. The van der Waals surface area contributed by atoms with Gasteiger partial charge in [-0.2, -0.15) is 0 Å². The number of carbonyl (C=O) groups is 2. The van der Waals surface area contributed by atoms with Gasteiger partial charge in [0.15, 0.2) is 0 Å². The molecule has 1 rings (SSSR count). The van der Waals surface area contributed by atoms with Gasteiger partial charge < -0.3 is 15.7 Å². The van der Waals surface area contributed by atoms with E-state index in [1.165, 1.54) is 0 Å². The van der Waals surface area contributed by atoms with E-state index < -0.39 is 5.97 Å². The summed E-state index contributed by atoms with van der Waals surface area (Å²) in [6.45, 7) is 4.82. The Kier molecular flexibility index (Phi) is 6.27. The van der Waals surface area contributed by atoms with Gasteiger partial charge in [-0.15, -0.1) is 11.3 Å². The van der Waals surface area contributed by atoms with Crippen LogP contribution < -0.4 is 10.6 Å². The molecular formula is C12H19N3O3S. The minimum Gasteiger partial charge on any atom is -0.481 e. The van der Waals surface area contributed by atoms with E-state index in [1.807, 2.05) is 19.2 Å². The Hall–Kier alpha value is -1.63. The van der Waals surface area contributed by atoms with Crippen molar-refractivity contribution < 1.29 is 14.7 Å². The maximum atomic E-state index is 11.4. The van der Waals surface area contributed by atoms with E-state index in [2.05, 4.69) is 15.6 Å². The molecule has 2 amide bonds. The van der Waals surface area contributed by atoms with Crippen LogP contribution in [0.1, 0.15) is 36.4 Å². The van der Waals surface area contributed by atoms with E-state index in [1.54, 1.807) is 11.3 Å².